The van der Waals surface area contributed by atoms with Gasteiger partial charge in [-0.05, 0) is 26.0 Å². The van der Waals surface area contributed by atoms with Gasteiger partial charge in [0.25, 0.3) is 5.56 Å². The predicted octanol–water partition coefficient (Wildman–Crippen LogP) is 2.35. The Kier molecular flexibility index (Phi) is 7.02. The Labute approximate surface area is 177 Å². The number of hydrogen-bond acceptors (Lipinski definition) is 7. The number of rotatable bonds is 7. The third-order valence-electron chi connectivity index (χ3n) is 4.24. The first-order valence-electron chi connectivity index (χ1n) is 9.33. The molecule has 0 saturated carbocycles. The minimum Gasteiger partial charge on any atom is -0.465 e. The Morgan fingerprint density at radius 1 is 1.34 bits per heavy atom. The second-order valence-corrected chi connectivity index (χ2v) is 9.04. The normalized spacial score (nSPS) is 15.1. The van der Waals surface area contributed by atoms with Crippen LogP contribution in [-0.4, -0.2) is 45.6 Å². The van der Waals surface area contributed by atoms with Gasteiger partial charge in [-0.3, -0.25) is 19.0 Å². The van der Waals surface area contributed by atoms with Gasteiger partial charge in [-0.25, -0.2) is 4.98 Å². The Balaban J connectivity index is 1.84. The summed E-state index contributed by atoms with van der Waals surface area (Å²) < 4.78 is 6.36. The lowest BCUT2D eigenvalue weighted by Crippen LogP contribution is -2.32. The van der Waals surface area contributed by atoms with Gasteiger partial charge in [0, 0.05) is 11.7 Å². The van der Waals surface area contributed by atoms with E-state index in [2.05, 4.69) is 12.2 Å². The molecule has 0 aliphatic carbocycles. The molecule has 0 bridgehead atoms. The lowest BCUT2D eigenvalue weighted by molar-refractivity contribution is -0.143. The summed E-state index contributed by atoms with van der Waals surface area (Å²) in [5.41, 5.74) is 2.48. The molecule has 1 N–H and O–H groups in total. The highest BCUT2D eigenvalue weighted by Crippen LogP contribution is 2.34. The van der Waals surface area contributed by atoms with E-state index in [1.165, 1.54) is 11.8 Å². The third-order valence-corrected chi connectivity index (χ3v) is 6.39. The zero-order chi connectivity index (χ0) is 21.0. The molecular formula is C20H23N3O4S2. The van der Waals surface area contributed by atoms with Crippen molar-refractivity contribution in [2.24, 2.45) is 0 Å². The van der Waals surface area contributed by atoms with Crippen molar-refractivity contribution in [3.8, 4) is 5.69 Å². The van der Waals surface area contributed by atoms with Gasteiger partial charge in [-0.1, -0.05) is 36.4 Å². The molecule has 29 heavy (non-hydrogen) atoms. The summed E-state index contributed by atoms with van der Waals surface area (Å²) in [5, 5.41) is 3.29. The van der Waals surface area contributed by atoms with Crippen molar-refractivity contribution in [2.45, 2.75) is 42.5 Å². The number of aryl methyl sites for hydroxylation is 1. The van der Waals surface area contributed by atoms with Crippen molar-refractivity contribution in [1.29, 1.82) is 0 Å². The largest absolute Gasteiger partial charge is 0.465 e. The number of carbonyl (C=O) groups is 2. The summed E-state index contributed by atoms with van der Waals surface area (Å²) in [7, 11) is 0. The van der Waals surface area contributed by atoms with E-state index in [0.717, 1.165) is 17.7 Å². The van der Waals surface area contributed by atoms with Crippen LogP contribution in [0.25, 0.3) is 5.69 Å². The molecule has 0 spiro atoms. The molecular weight excluding hydrogens is 410 g/mol. The minimum absolute atomic E-state index is 0.0409. The van der Waals surface area contributed by atoms with E-state index < -0.39 is 5.97 Å². The molecule has 0 saturated heterocycles. The van der Waals surface area contributed by atoms with E-state index in [9.17, 15) is 14.4 Å². The number of fused-ring (bicyclic) bond motifs is 1. The van der Waals surface area contributed by atoms with Crippen LogP contribution in [0.4, 0.5) is 0 Å². The average Bonchev–Trinajstić information content (AvgIpc) is 3.07. The van der Waals surface area contributed by atoms with Gasteiger partial charge in [0.05, 0.1) is 28.6 Å². The lowest BCUT2D eigenvalue weighted by atomic mass is 10.2. The van der Waals surface area contributed by atoms with E-state index in [-0.39, 0.29) is 30.4 Å². The maximum Gasteiger partial charge on any atom is 0.325 e. The number of amides is 1. The summed E-state index contributed by atoms with van der Waals surface area (Å²) in [6.07, 6.45) is 0.729. The third kappa shape index (κ3) is 5.22. The van der Waals surface area contributed by atoms with Gasteiger partial charge in [0.2, 0.25) is 5.91 Å². The Hall–Kier alpha value is -2.26. The molecule has 1 aromatic carbocycles. The molecule has 2 aromatic rings. The molecule has 7 nitrogen and oxygen atoms in total. The van der Waals surface area contributed by atoms with E-state index in [4.69, 9.17) is 9.72 Å². The average molecular weight is 434 g/mol. The quantitative estimate of drug-likeness (QED) is 0.407. The molecule has 0 radical (unpaired) electrons. The number of benzene rings is 1. The summed E-state index contributed by atoms with van der Waals surface area (Å²) >= 11 is 2.72. The fraction of sp³-hybridized carbons (Fsp3) is 0.400. The molecule has 1 amide bonds. The van der Waals surface area contributed by atoms with Crippen molar-refractivity contribution in [1.82, 2.24) is 14.9 Å². The predicted molar refractivity (Wildman–Crippen MR) is 114 cm³/mol. The first kappa shape index (κ1) is 21.4. The zero-order valence-corrected chi connectivity index (χ0v) is 18.2. The van der Waals surface area contributed by atoms with Crippen molar-refractivity contribution in [3.05, 3.63) is 45.9 Å². The molecule has 9 heteroatoms. The van der Waals surface area contributed by atoms with Crippen molar-refractivity contribution < 1.29 is 14.3 Å². The van der Waals surface area contributed by atoms with Crippen LogP contribution in [0.2, 0.25) is 0 Å². The Bertz CT molecular complexity index is 973. The standard InChI is InChI=1S/C20H23N3O4S2/c1-4-27-17(25)10-21-16(24)11-28-20-22-15-9-13(3)29-18(15)19(26)23(20)14-7-5-12(2)6-8-14/h5-8,13H,4,9-11H2,1-3H3,(H,21,24). The molecule has 1 aliphatic heterocycles. The summed E-state index contributed by atoms with van der Waals surface area (Å²) in [4.78, 5) is 42.1. The van der Waals surface area contributed by atoms with Crippen molar-refractivity contribution in [2.75, 3.05) is 18.9 Å². The fourth-order valence-electron chi connectivity index (χ4n) is 2.88. The van der Waals surface area contributed by atoms with Crippen LogP contribution in [-0.2, 0) is 20.7 Å². The monoisotopic (exact) mass is 433 g/mol. The highest BCUT2D eigenvalue weighted by atomic mass is 32.2. The number of carbonyl (C=O) groups excluding carboxylic acids is 2. The second kappa shape index (κ2) is 9.49. The number of nitrogens with zero attached hydrogens (tertiary/aromatic N) is 2. The number of nitrogens with one attached hydrogen (secondary N) is 1. The zero-order valence-electron chi connectivity index (χ0n) is 16.6. The topological polar surface area (TPSA) is 90.3 Å². The highest BCUT2D eigenvalue weighted by molar-refractivity contribution is 8.00. The SMILES string of the molecule is CCOC(=O)CNC(=O)CSc1nc2c(c(=O)n1-c1ccc(C)cc1)SC(C)C2. The van der Waals surface area contributed by atoms with Gasteiger partial charge >= 0.3 is 5.97 Å². The molecule has 154 valence electrons. The molecule has 1 aliphatic rings. The number of thioether (sulfide) groups is 2. The van der Waals surface area contributed by atoms with Gasteiger partial charge < -0.3 is 10.1 Å². The molecule has 3 rings (SSSR count). The maximum atomic E-state index is 13.2. The fourth-order valence-corrected chi connectivity index (χ4v) is 4.84. The van der Waals surface area contributed by atoms with Crippen LogP contribution >= 0.6 is 23.5 Å². The first-order valence-corrected chi connectivity index (χ1v) is 11.2. The van der Waals surface area contributed by atoms with Crippen LogP contribution in [0.1, 0.15) is 25.1 Å². The smallest absolute Gasteiger partial charge is 0.325 e. The van der Waals surface area contributed by atoms with Gasteiger partial charge in [0.1, 0.15) is 6.54 Å². The molecule has 0 fully saturated rings. The van der Waals surface area contributed by atoms with E-state index in [0.29, 0.717) is 21.0 Å². The van der Waals surface area contributed by atoms with Crippen molar-refractivity contribution >= 4 is 35.4 Å². The Morgan fingerprint density at radius 2 is 2.07 bits per heavy atom. The molecule has 2 heterocycles. The minimum atomic E-state index is -0.482. The summed E-state index contributed by atoms with van der Waals surface area (Å²) in [6.45, 7) is 5.84. The van der Waals surface area contributed by atoms with Crippen LogP contribution in [0.5, 0.6) is 0 Å². The van der Waals surface area contributed by atoms with Gasteiger partial charge in [-0.2, -0.15) is 0 Å². The second-order valence-electron chi connectivity index (χ2n) is 6.65. The number of esters is 1. The van der Waals surface area contributed by atoms with Gasteiger partial charge in [0.15, 0.2) is 5.16 Å². The summed E-state index contributed by atoms with van der Waals surface area (Å²) in [6, 6.07) is 7.62. The van der Waals surface area contributed by atoms with Crippen LogP contribution < -0.4 is 10.9 Å². The highest BCUT2D eigenvalue weighted by Gasteiger charge is 2.27. The van der Waals surface area contributed by atoms with Gasteiger partial charge in [-0.15, -0.1) is 11.8 Å². The molecule has 1 atom stereocenters. The summed E-state index contributed by atoms with van der Waals surface area (Å²) in [5.74, 6) is -0.765. The van der Waals surface area contributed by atoms with E-state index in [1.807, 2.05) is 31.2 Å². The van der Waals surface area contributed by atoms with Crippen LogP contribution in [0.15, 0.2) is 39.1 Å². The molecule has 1 aromatic heterocycles. The van der Waals surface area contributed by atoms with Crippen LogP contribution in [0, 0.1) is 6.92 Å². The Morgan fingerprint density at radius 3 is 2.76 bits per heavy atom. The maximum absolute atomic E-state index is 13.2. The number of ether oxygens (including phenoxy) is 1. The number of hydrogen-bond donors (Lipinski definition) is 1. The van der Waals surface area contributed by atoms with E-state index in [1.54, 1.807) is 23.3 Å². The molecule has 1 unspecified atom stereocenters. The van der Waals surface area contributed by atoms with E-state index >= 15 is 0 Å². The lowest BCUT2D eigenvalue weighted by Gasteiger charge is -2.14. The van der Waals surface area contributed by atoms with Crippen LogP contribution in [0.3, 0.4) is 0 Å². The first-order chi connectivity index (χ1) is 13.9. The number of aromatic nitrogens is 2. The van der Waals surface area contributed by atoms with Crippen molar-refractivity contribution in [3.63, 3.8) is 0 Å².